The van der Waals surface area contributed by atoms with Gasteiger partial charge >= 0.3 is 0 Å². The lowest BCUT2D eigenvalue weighted by Crippen LogP contribution is -2.74. The standard InChI is InChI=1S/C88H64N2SSi2/c1-9-27-65(28-10-1)67-45-49-69(50-46-67)89(70-53-58-80(59-54-70)92(74-31-13-3-14-32-74,75-33-15-4-16-34-75)76-35-17-5-18-36-76)73-57-62-84-86(63-73)91-87-64-85(82-43-25-26-44-83(82)88(84)87)90(71-51-47-68(48-52-71)66-29-11-2-12-30-66)72-55-60-81(61-56-72)93(77-37-19-6-20-38-77,78-39-21-7-22-40-78)79-41-23-8-24-42-79/h1-64H. The van der Waals surface area contributed by atoms with Crippen molar-refractivity contribution >= 4 is 134 Å². The van der Waals surface area contributed by atoms with Crippen molar-refractivity contribution in [3.8, 4) is 22.3 Å². The van der Waals surface area contributed by atoms with Crippen LogP contribution in [0.1, 0.15) is 0 Å². The Balaban J connectivity index is 0.857. The molecule has 16 aromatic rings. The Kier molecular flexibility index (Phi) is 15.3. The van der Waals surface area contributed by atoms with Gasteiger partial charge in [0.25, 0.3) is 0 Å². The Labute approximate surface area is 550 Å². The third-order valence-electron chi connectivity index (χ3n) is 18.8. The van der Waals surface area contributed by atoms with Gasteiger partial charge in [-0.25, -0.2) is 0 Å². The quantitative estimate of drug-likeness (QED) is 0.0703. The molecule has 15 aromatic carbocycles. The van der Waals surface area contributed by atoms with Crippen LogP contribution in [-0.2, 0) is 0 Å². The summed E-state index contributed by atoms with van der Waals surface area (Å²) in [4.78, 5) is 4.93. The Morgan fingerprint density at radius 1 is 0.194 bits per heavy atom. The minimum atomic E-state index is -2.80. The van der Waals surface area contributed by atoms with Crippen LogP contribution in [0, 0.1) is 0 Å². The smallest absolute Gasteiger partial charge is 0.179 e. The maximum absolute atomic E-state index is 2.80. The molecule has 16 rings (SSSR count). The first kappa shape index (κ1) is 57.0. The van der Waals surface area contributed by atoms with Crippen molar-refractivity contribution in [2.24, 2.45) is 0 Å². The van der Waals surface area contributed by atoms with Gasteiger partial charge in [-0.3, -0.25) is 0 Å². The highest BCUT2D eigenvalue weighted by Crippen LogP contribution is 2.48. The van der Waals surface area contributed by atoms with Crippen LogP contribution in [0.5, 0.6) is 0 Å². The lowest BCUT2D eigenvalue weighted by Gasteiger charge is -2.35. The van der Waals surface area contributed by atoms with Crippen LogP contribution in [0.3, 0.4) is 0 Å². The molecule has 0 saturated carbocycles. The minimum Gasteiger partial charge on any atom is -0.310 e. The maximum Gasteiger partial charge on any atom is 0.179 e. The number of hydrogen-bond donors (Lipinski definition) is 0. The van der Waals surface area contributed by atoms with Crippen molar-refractivity contribution in [2.75, 3.05) is 9.80 Å². The highest BCUT2D eigenvalue weighted by Gasteiger charge is 2.43. The average molecular weight is 1240 g/mol. The molecule has 0 aliphatic heterocycles. The highest BCUT2D eigenvalue weighted by atomic mass is 32.1. The van der Waals surface area contributed by atoms with Gasteiger partial charge in [-0.15, -0.1) is 11.3 Å². The van der Waals surface area contributed by atoms with E-state index in [1.165, 1.54) is 94.7 Å². The Morgan fingerprint density at radius 2 is 0.473 bits per heavy atom. The first-order valence-electron chi connectivity index (χ1n) is 32.0. The summed E-state index contributed by atoms with van der Waals surface area (Å²) in [5.74, 6) is 0. The Hall–Kier alpha value is -11.2. The van der Waals surface area contributed by atoms with Crippen LogP contribution in [-0.4, -0.2) is 16.1 Å². The van der Waals surface area contributed by atoms with E-state index in [0.717, 1.165) is 34.1 Å². The van der Waals surface area contributed by atoms with Gasteiger partial charge in [0.2, 0.25) is 0 Å². The number of benzene rings is 15. The second kappa shape index (κ2) is 24.9. The summed E-state index contributed by atoms with van der Waals surface area (Å²) < 4.78 is 2.46. The minimum absolute atomic E-state index is 1.09. The zero-order valence-corrected chi connectivity index (χ0v) is 54.1. The number of nitrogens with zero attached hydrogens (tertiary/aromatic N) is 2. The van der Waals surface area contributed by atoms with E-state index in [1.807, 2.05) is 11.3 Å². The van der Waals surface area contributed by atoms with E-state index < -0.39 is 16.1 Å². The van der Waals surface area contributed by atoms with E-state index >= 15 is 0 Å². The molecule has 93 heavy (non-hydrogen) atoms. The van der Waals surface area contributed by atoms with Crippen molar-refractivity contribution in [3.05, 3.63) is 388 Å². The summed E-state index contributed by atoms with van der Waals surface area (Å²) in [6.45, 7) is 0. The van der Waals surface area contributed by atoms with Crippen LogP contribution in [0.4, 0.5) is 34.1 Å². The molecular weight excluding hydrogens is 1170 g/mol. The number of anilines is 6. The third kappa shape index (κ3) is 10.3. The molecule has 0 amide bonds. The van der Waals surface area contributed by atoms with E-state index in [9.17, 15) is 0 Å². The number of thiophene rings is 1. The Morgan fingerprint density at radius 3 is 0.839 bits per heavy atom. The van der Waals surface area contributed by atoms with Crippen molar-refractivity contribution < 1.29 is 0 Å². The summed E-state index contributed by atoms with van der Waals surface area (Å²) >= 11 is 1.87. The molecule has 0 atom stereocenters. The summed E-state index contributed by atoms with van der Waals surface area (Å²) in [5, 5.41) is 15.7. The molecular formula is C88H64N2SSi2. The van der Waals surface area contributed by atoms with E-state index in [1.54, 1.807) is 0 Å². The predicted molar refractivity (Wildman–Crippen MR) is 404 cm³/mol. The van der Waals surface area contributed by atoms with Gasteiger partial charge in [0.1, 0.15) is 0 Å². The van der Waals surface area contributed by atoms with Crippen molar-refractivity contribution in [2.45, 2.75) is 0 Å². The van der Waals surface area contributed by atoms with E-state index in [2.05, 4.69) is 398 Å². The largest absolute Gasteiger partial charge is 0.310 e. The SMILES string of the molecule is c1ccc(-c2ccc(N(c3ccc([Si](c4ccccc4)(c4ccccc4)c4ccccc4)cc3)c3ccc4c(c3)sc3cc(N(c5ccc(-c6ccccc6)cc5)c5ccc([Si](c6ccccc6)(c6ccccc6)c6ccccc6)cc5)c5ccccc5c34)cc2)cc1. The first-order valence-corrected chi connectivity index (χ1v) is 36.8. The summed E-state index contributed by atoms with van der Waals surface area (Å²) in [6.07, 6.45) is 0. The molecule has 0 fully saturated rings. The fraction of sp³-hybridized carbons (Fsp3) is 0. The number of fused-ring (bicyclic) bond motifs is 5. The Bertz CT molecular complexity index is 5000. The van der Waals surface area contributed by atoms with Gasteiger partial charge in [-0.1, -0.05) is 322 Å². The molecule has 0 bridgehead atoms. The van der Waals surface area contributed by atoms with Crippen LogP contribution in [0.2, 0.25) is 0 Å². The van der Waals surface area contributed by atoms with Gasteiger partial charge < -0.3 is 9.80 Å². The molecule has 2 nitrogen and oxygen atoms in total. The second-order valence-corrected chi connectivity index (χ2v) is 32.6. The monoisotopic (exact) mass is 1240 g/mol. The molecule has 0 aliphatic carbocycles. The first-order chi connectivity index (χ1) is 46.1. The molecule has 0 aliphatic rings. The predicted octanol–water partition coefficient (Wildman–Crippen LogP) is 18.2. The maximum atomic E-state index is 2.49. The van der Waals surface area contributed by atoms with Crippen LogP contribution in [0.25, 0.3) is 53.2 Å². The van der Waals surface area contributed by atoms with E-state index in [0.29, 0.717) is 0 Å². The molecule has 1 heterocycles. The van der Waals surface area contributed by atoms with Crippen molar-refractivity contribution in [1.29, 1.82) is 0 Å². The number of hydrogen-bond acceptors (Lipinski definition) is 3. The van der Waals surface area contributed by atoms with Crippen molar-refractivity contribution in [3.63, 3.8) is 0 Å². The average Bonchev–Trinajstić information content (AvgIpc) is 0.936. The fourth-order valence-corrected chi connectivity index (χ4v) is 25.2. The van der Waals surface area contributed by atoms with Gasteiger partial charge in [-0.05, 0) is 136 Å². The molecule has 0 unspecified atom stereocenters. The lowest BCUT2D eigenvalue weighted by molar-refractivity contribution is 1.29. The fourth-order valence-electron chi connectivity index (χ4n) is 14.5. The van der Waals surface area contributed by atoms with Gasteiger partial charge in [0, 0.05) is 54.0 Å². The molecule has 1 aromatic heterocycles. The molecule has 440 valence electrons. The summed E-state index contributed by atoms with van der Waals surface area (Å²) in [6, 6.07) is 145. The van der Waals surface area contributed by atoms with Gasteiger partial charge in [-0.2, -0.15) is 0 Å². The van der Waals surface area contributed by atoms with Gasteiger partial charge in [0.05, 0.1) is 5.69 Å². The molecule has 0 saturated heterocycles. The van der Waals surface area contributed by atoms with E-state index in [4.69, 9.17) is 0 Å². The molecule has 0 spiro atoms. The molecule has 0 radical (unpaired) electrons. The zero-order valence-electron chi connectivity index (χ0n) is 51.3. The van der Waals surface area contributed by atoms with Crippen molar-refractivity contribution in [1.82, 2.24) is 0 Å². The molecule has 5 heteroatoms. The zero-order chi connectivity index (χ0) is 62.0. The topological polar surface area (TPSA) is 6.48 Å². The van der Waals surface area contributed by atoms with Crippen LogP contribution < -0.4 is 51.3 Å². The van der Waals surface area contributed by atoms with Crippen LogP contribution >= 0.6 is 11.3 Å². The van der Waals surface area contributed by atoms with E-state index in [-0.39, 0.29) is 0 Å². The normalized spacial score (nSPS) is 11.7. The van der Waals surface area contributed by atoms with Crippen LogP contribution in [0.15, 0.2) is 388 Å². The summed E-state index contributed by atoms with van der Waals surface area (Å²) in [5.41, 5.74) is 11.3. The molecule has 0 N–H and O–H groups in total. The summed E-state index contributed by atoms with van der Waals surface area (Å²) in [7, 11) is -5.58. The number of rotatable bonds is 16. The lowest BCUT2D eigenvalue weighted by atomic mass is 10.00. The third-order valence-corrected chi connectivity index (χ3v) is 29.5. The highest BCUT2D eigenvalue weighted by molar-refractivity contribution is 7.26. The van der Waals surface area contributed by atoms with Gasteiger partial charge in [0.15, 0.2) is 16.1 Å². The second-order valence-electron chi connectivity index (χ2n) is 23.9.